The zero-order valence-corrected chi connectivity index (χ0v) is 12.7. The Balaban J connectivity index is 2.96. The van der Waals surface area contributed by atoms with E-state index in [2.05, 4.69) is 10.6 Å². The standard InChI is InChI=1S/C13H17ClN2O5/c1-7(12(18)16-13(19)15-2)21-11-8(6-17)4-9(14)5-10(11)20-3/h4-5,7,17H,6H2,1-3H3,(H2,15,16,18,19). The Hall–Kier alpha value is -1.99. The molecule has 0 fully saturated rings. The first-order valence-electron chi connectivity index (χ1n) is 6.09. The molecule has 21 heavy (non-hydrogen) atoms. The Morgan fingerprint density at radius 3 is 2.62 bits per heavy atom. The number of benzene rings is 1. The largest absolute Gasteiger partial charge is 0.493 e. The number of hydrogen-bond donors (Lipinski definition) is 3. The highest BCUT2D eigenvalue weighted by Gasteiger charge is 2.21. The second-order valence-corrected chi connectivity index (χ2v) is 4.52. The Labute approximate surface area is 127 Å². The second-order valence-electron chi connectivity index (χ2n) is 4.08. The molecule has 0 aromatic heterocycles. The highest BCUT2D eigenvalue weighted by atomic mass is 35.5. The molecule has 0 bridgehead atoms. The van der Waals surface area contributed by atoms with Gasteiger partial charge in [-0.25, -0.2) is 4.79 Å². The van der Waals surface area contributed by atoms with Crippen LogP contribution in [-0.2, 0) is 11.4 Å². The maximum absolute atomic E-state index is 11.8. The van der Waals surface area contributed by atoms with Crippen LogP contribution in [0.1, 0.15) is 12.5 Å². The van der Waals surface area contributed by atoms with Crippen molar-refractivity contribution in [2.24, 2.45) is 0 Å². The highest BCUT2D eigenvalue weighted by Crippen LogP contribution is 2.35. The molecule has 3 amide bonds. The Bertz CT molecular complexity index is 510. The van der Waals surface area contributed by atoms with Crippen molar-refractivity contribution >= 4 is 23.5 Å². The summed E-state index contributed by atoms with van der Waals surface area (Å²) in [7, 11) is 2.80. The number of aliphatic hydroxyl groups is 1. The van der Waals surface area contributed by atoms with E-state index in [9.17, 15) is 14.7 Å². The summed E-state index contributed by atoms with van der Waals surface area (Å²) in [5, 5.41) is 14.1. The minimum Gasteiger partial charge on any atom is -0.493 e. The number of aliphatic hydroxyl groups excluding tert-OH is 1. The molecule has 0 aliphatic carbocycles. The number of imide groups is 1. The summed E-state index contributed by atoms with van der Waals surface area (Å²) in [5.74, 6) is -0.148. The average Bonchev–Trinajstić information content (AvgIpc) is 2.47. The molecule has 1 aromatic rings. The van der Waals surface area contributed by atoms with Gasteiger partial charge in [0, 0.05) is 23.7 Å². The molecule has 1 aromatic carbocycles. The van der Waals surface area contributed by atoms with Gasteiger partial charge in [0.2, 0.25) is 0 Å². The minimum atomic E-state index is -0.970. The third kappa shape index (κ3) is 4.51. The van der Waals surface area contributed by atoms with Gasteiger partial charge in [-0.15, -0.1) is 0 Å². The number of rotatable bonds is 5. The lowest BCUT2D eigenvalue weighted by molar-refractivity contribution is -0.126. The number of nitrogens with one attached hydrogen (secondary N) is 2. The van der Waals surface area contributed by atoms with Gasteiger partial charge in [-0.3, -0.25) is 10.1 Å². The van der Waals surface area contributed by atoms with Crippen LogP contribution in [0.25, 0.3) is 0 Å². The number of methoxy groups -OCH3 is 1. The summed E-state index contributed by atoms with van der Waals surface area (Å²) in [6.45, 7) is 1.13. The van der Waals surface area contributed by atoms with E-state index >= 15 is 0 Å². The van der Waals surface area contributed by atoms with E-state index in [4.69, 9.17) is 21.1 Å². The Kier molecular flexibility index (Phi) is 6.26. The number of halogens is 1. The van der Waals surface area contributed by atoms with Crippen LogP contribution in [0, 0.1) is 0 Å². The van der Waals surface area contributed by atoms with Gasteiger partial charge in [0.1, 0.15) is 0 Å². The second kappa shape index (κ2) is 7.70. The van der Waals surface area contributed by atoms with Gasteiger partial charge in [0.15, 0.2) is 17.6 Å². The lowest BCUT2D eigenvalue weighted by Gasteiger charge is -2.18. The summed E-state index contributed by atoms with van der Waals surface area (Å²) < 4.78 is 10.6. The van der Waals surface area contributed by atoms with E-state index in [1.54, 1.807) is 0 Å². The zero-order chi connectivity index (χ0) is 16.0. The molecule has 0 radical (unpaired) electrons. The van der Waals surface area contributed by atoms with Crippen molar-refractivity contribution in [3.63, 3.8) is 0 Å². The van der Waals surface area contributed by atoms with Crippen LogP contribution in [0.4, 0.5) is 4.79 Å². The normalized spacial score (nSPS) is 11.5. The van der Waals surface area contributed by atoms with Gasteiger partial charge in [-0.05, 0) is 13.0 Å². The molecule has 0 saturated carbocycles. The summed E-state index contributed by atoms with van der Waals surface area (Å²) in [6.07, 6.45) is -0.970. The fraction of sp³-hybridized carbons (Fsp3) is 0.385. The Morgan fingerprint density at radius 2 is 2.10 bits per heavy atom. The molecular formula is C13H17ClN2O5. The predicted octanol–water partition coefficient (Wildman–Crippen LogP) is 1.06. The SMILES string of the molecule is CNC(=O)NC(=O)C(C)Oc1c(CO)cc(Cl)cc1OC. The number of hydrogen-bond acceptors (Lipinski definition) is 5. The maximum Gasteiger partial charge on any atom is 0.321 e. The Morgan fingerprint density at radius 1 is 1.43 bits per heavy atom. The van der Waals surface area contributed by atoms with Gasteiger partial charge in [-0.1, -0.05) is 11.6 Å². The molecule has 1 rings (SSSR count). The number of ether oxygens (including phenoxy) is 2. The maximum atomic E-state index is 11.8. The first-order valence-corrected chi connectivity index (χ1v) is 6.47. The number of urea groups is 1. The average molecular weight is 317 g/mol. The molecule has 0 heterocycles. The molecule has 7 nitrogen and oxygen atoms in total. The van der Waals surface area contributed by atoms with Crippen molar-refractivity contribution in [3.05, 3.63) is 22.7 Å². The minimum absolute atomic E-state index is 0.198. The van der Waals surface area contributed by atoms with Crippen LogP contribution < -0.4 is 20.1 Å². The van der Waals surface area contributed by atoms with Gasteiger partial charge < -0.3 is 19.9 Å². The van der Waals surface area contributed by atoms with Crippen molar-refractivity contribution < 1.29 is 24.2 Å². The van der Waals surface area contributed by atoms with Gasteiger partial charge in [0.25, 0.3) is 5.91 Å². The van der Waals surface area contributed by atoms with E-state index < -0.39 is 18.0 Å². The van der Waals surface area contributed by atoms with Crippen LogP contribution in [-0.4, -0.2) is 37.3 Å². The third-order valence-electron chi connectivity index (χ3n) is 2.61. The molecule has 8 heteroatoms. The van der Waals surface area contributed by atoms with Crippen molar-refractivity contribution in [3.8, 4) is 11.5 Å². The predicted molar refractivity (Wildman–Crippen MR) is 76.6 cm³/mol. The molecule has 0 saturated heterocycles. The van der Waals surface area contributed by atoms with Crippen LogP contribution in [0.2, 0.25) is 5.02 Å². The van der Waals surface area contributed by atoms with Gasteiger partial charge in [0.05, 0.1) is 13.7 Å². The highest BCUT2D eigenvalue weighted by molar-refractivity contribution is 6.30. The van der Waals surface area contributed by atoms with Crippen molar-refractivity contribution in [2.45, 2.75) is 19.6 Å². The monoisotopic (exact) mass is 316 g/mol. The third-order valence-corrected chi connectivity index (χ3v) is 2.83. The first kappa shape index (κ1) is 17.1. The van der Waals surface area contributed by atoms with Crippen LogP contribution in [0.15, 0.2) is 12.1 Å². The molecule has 1 atom stereocenters. The van der Waals surface area contributed by atoms with Crippen LogP contribution in [0.3, 0.4) is 0 Å². The lowest BCUT2D eigenvalue weighted by Crippen LogP contribution is -2.44. The molecular weight excluding hydrogens is 300 g/mol. The molecule has 116 valence electrons. The van der Waals surface area contributed by atoms with E-state index in [-0.39, 0.29) is 18.1 Å². The van der Waals surface area contributed by atoms with Gasteiger partial charge >= 0.3 is 6.03 Å². The fourth-order valence-electron chi connectivity index (χ4n) is 1.53. The summed E-state index contributed by atoms with van der Waals surface area (Å²) in [5.41, 5.74) is 0.374. The van der Waals surface area contributed by atoms with E-state index in [1.807, 2.05) is 0 Å². The molecule has 1 unspecified atom stereocenters. The smallest absolute Gasteiger partial charge is 0.321 e. The topological polar surface area (TPSA) is 96.9 Å². The first-order chi connectivity index (χ1) is 9.92. The van der Waals surface area contributed by atoms with Crippen molar-refractivity contribution in [2.75, 3.05) is 14.2 Å². The number of carbonyl (C=O) groups excluding carboxylic acids is 2. The molecule has 3 N–H and O–H groups in total. The van der Waals surface area contributed by atoms with E-state index in [1.165, 1.54) is 33.2 Å². The summed E-state index contributed by atoms with van der Waals surface area (Å²) in [6, 6.07) is 2.36. The number of amides is 3. The van der Waals surface area contributed by atoms with Crippen LogP contribution in [0.5, 0.6) is 11.5 Å². The molecule has 0 aliphatic heterocycles. The zero-order valence-electron chi connectivity index (χ0n) is 11.9. The summed E-state index contributed by atoms with van der Waals surface area (Å²) >= 11 is 5.89. The van der Waals surface area contributed by atoms with Crippen LogP contribution >= 0.6 is 11.6 Å². The van der Waals surface area contributed by atoms with E-state index in [0.29, 0.717) is 10.6 Å². The molecule has 0 aliphatic rings. The van der Waals surface area contributed by atoms with Crippen molar-refractivity contribution in [1.82, 2.24) is 10.6 Å². The van der Waals surface area contributed by atoms with Gasteiger partial charge in [-0.2, -0.15) is 0 Å². The lowest BCUT2D eigenvalue weighted by atomic mass is 10.2. The quantitative estimate of drug-likeness (QED) is 0.755. The number of carbonyl (C=O) groups is 2. The summed E-state index contributed by atoms with van der Waals surface area (Å²) in [4.78, 5) is 22.8. The molecule has 0 spiro atoms. The van der Waals surface area contributed by atoms with Crippen molar-refractivity contribution in [1.29, 1.82) is 0 Å². The fourth-order valence-corrected chi connectivity index (χ4v) is 1.76. The van der Waals surface area contributed by atoms with E-state index in [0.717, 1.165) is 0 Å².